The van der Waals surface area contributed by atoms with Crippen molar-refractivity contribution in [3.05, 3.63) is 24.0 Å². The molecule has 0 spiro atoms. The lowest BCUT2D eigenvalue weighted by Crippen LogP contribution is -2.52. The number of β-amino-alcohol motifs (C(OH)–C–C–N with tert-alkyl or cyclic N) is 1. The van der Waals surface area contributed by atoms with Gasteiger partial charge in [-0.05, 0) is 45.4 Å². The fraction of sp³-hybridized carbons (Fsp3) is 0.562. The number of piperidine rings is 1. The molecule has 2 atom stereocenters. The fourth-order valence-electron chi connectivity index (χ4n) is 2.53. The van der Waals surface area contributed by atoms with Gasteiger partial charge >= 0.3 is 6.09 Å². The number of aliphatic hydroxyl groups is 1. The summed E-state index contributed by atoms with van der Waals surface area (Å²) in [5.74, 6) is -0.461. The number of amides is 1. The first-order valence-corrected chi connectivity index (χ1v) is 7.82. The molecular formula is C16H24FN3O4. The van der Waals surface area contributed by atoms with E-state index < -0.39 is 23.6 Å². The Morgan fingerprint density at radius 2 is 2.08 bits per heavy atom. The molecule has 1 heterocycles. The van der Waals surface area contributed by atoms with E-state index in [1.165, 1.54) is 23.1 Å². The summed E-state index contributed by atoms with van der Waals surface area (Å²) in [4.78, 5) is 13.5. The number of carbonyl (C=O) groups excluding carboxylic acids is 1. The van der Waals surface area contributed by atoms with E-state index in [4.69, 9.17) is 9.94 Å². The zero-order chi connectivity index (χ0) is 17.9. The zero-order valence-corrected chi connectivity index (χ0v) is 14.0. The SMILES string of the molecule is CC(C)(C)OC(=O)N1CC[C@H](Nc2cc(F)ccc2NO)[C@@H](O)C1. The molecular weight excluding hydrogens is 317 g/mol. The van der Waals surface area contributed by atoms with Crippen molar-refractivity contribution in [3.8, 4) is 0 Å². The van der Waals surface area contributed by atoms with Gasteiger partial charge in [-0.1, -0.05) is 0 Å². The third-order valence-electron chi connectivity index (χ3n) is 3.68. The van der Waals surface area contributed by atoms with Crippen molar-refractivity contribution >= 4 is 17.5 Å². The zero-order valence-electron chi connectivity index (χ0n) is 14.0. The molecule has 2 rings (SSSR count). The van der Waals surface area contributed by atoms with Crippen molar-refractivity contribution in [1.82, 2.24) is 4.90 Å². The highest BCUT2D eigenvalue weighted by molar-refractivity contribution is 5.69. The number of hydrogen-bond acceptors (Lipinski definition) is 6. The molecule has 0 bridgehead atoms. The van der Waals surface area contributed by atoms with Gasteiger partial charge in [-0.2, -0.15) is 0 Å². The van der Waals surface area contributed by atoms with Gasteiger partial charge in [0, 0.05) is 6.54 Å². The quantitative estimate of drug-likeness (QED) is 0.631. The van der Waals surface area contributed by atoms with E-state index >= 15 is 0 Å². The standard InChI is InChI=1S/C16H24FN3O4/c1-16(2,3)24-15(22)20-7-6-12(14(21)9-20)18-13-8-10(17)4-5-11(13)19-23/h4-5,8,12,14,18-19,21,23H,6-7,9H2,1-3H3/t12-,14-/m0/s1. The highest BCUT2D eigenvalue weighted by Gasteiger charge is 2.32. The van der Waals surface area contributed by atoms with Gasteiger partial charge in [0.2, 0.25) is 0 Å². The molecule has 1 aliphatic rings. The average Bonchev–Trinajstić information content (AvgIpc) is 2.47. The average molecular weight is 341 g/mol. The van der Waals surface area contributed by atoms with Gasteiger partial charge in [0.1, 0.15) is 11.4 Å². The first-order valence-electron chi connectivity index (χ1n) is 7.82. The van der Waals surface area contributed by atoms with Gasteiger partial charge in [-0.3, -0.25) is 10.7 Å². The topological polar surface area (TPSA) is 94.1 Å². The number of ether oxygens (including phenoxy) is 1. The van der Waals surface area contributed by atoms with Gasteiger partial charge in [0.05, 0.1) is 30.1 Å². The van der Waals surface area contributed by atoms with Gasteiger partial charge in [-0.25, -0.2) is 9.18 Å². The minimum absolute atomic E-state index is 0.115. The second kappa shape index (κ2) is 7.23. The molecule has 1 aliphatic heterocycles. The number of rotatable bonds is 3. The summed E-state index contributed by atoms with van der Waals surface area (Å²) in [6.07, 6.45) is -0.855. The number of benzene rings is 1. The first kappa shape index (κ1) is 18.3. The van der Waals surface area contributed by atoms with Crippen LogP contribution in [0.4, 0.5) is 20.6 Å². The molecule has 4 N–H and O–H groups in total. The summed E-state index contributed by atoms with van der Waals surface area (Å²) in [5.41, 5.74) is 2.03. The van der Waals surface area contributed by atoms with Crippen molar-refractivity contribution < 1.29 is 24.2 Å². The molecule has 1 saturated heterocycles. The lowest BCUT2D eigenvalue weighted by atomic mass is 10.0. The highest BCUT2D eigenvalue weighted by atomic mass is 19.1. The molecule has 24 heavy (non-hydrogen) atoms. The lowest BCUT2D eigenvalue weighted by Gasteiger charge is -2.37. The van der Waals surface area contributed by atoms with Crippen molar-refractivity contribution in [2.24, 2.45) is 0 Å². The Balaban J connectivity index is 1.99. The van der Waals surface area contributed by atoms with E-state index in [1.54, 1.807) is 20.8 Å². The van der Waals surface area contributed by atoms with Gasteiger partial charge < -0.3 is 20.1 Å². The van der Waals surface area contributed by atoms with Crippen molar-refractivity contribution in [3.63, 3.8) is 0 Å². The summed E-state index contributed by atoms with van der Waals surface area (Å²) >= 11 is 0. The number of hydrogen-bond donors (Lipinski definition) is 4. The summed E-state index contributed by atoms with van der Waals surface area (Å²) < 4.78 is 18.7. The number of halogens is 1. The van der Waals surface area contributed by atoms with E-state index in [2.05, 4.69) is 5.32 Å². The minimum atomic E-state index is -0.846. The normalized spacial score (nSPS) is 21.3. The van der Waals surface area contributed by atoms with E-state index in [9.17, 15) is 14.3 Å². The molecule has 8 heteroatoms. The summed E-state index contributed by atoms with van der Waals surface area (Å²) in [7, 11) is 0. The molecule has 0 aliphatic carbocycles. The van der Waals surface area contributed by atoms with E-state index in [0.29, 0.717) is 24.3 Å². The fourth-order valence-corrected chi connectivity index (χ4v) is 2.53. The van der Waals surface area contributed by atoms with E-state index in [1.807, 2.05) is 5.48 Å². The third kappa shape index (κ3) is 4.72. The Hall–Kier alpha value is -2.06. The van der Waals surface area contributed by atoms with E-state index in [0.717, 1.165) is 0 Å². The maximum Gasteiger partial charge on any atom is 0.410 e. The largest absolute Gasteiger partial charge is 0.444 e. The Kier molecular flexibility index (Phi) is 5.51. The monoisotopic (exact) mass is 341 g/mol. The number of likely N-dealkylation sites (tertiary alicyclic amines) is 1. The number of nitrogens with zero attached hydrogens (tertiary/aromatic N) is 1. The van der Waals surface area contributed by atoms with Crippen LogP contribution in [-0.4, -0.2) is 52.1 Å². The molecule has 1 fully saturated rings. The van der Waals surface area contributed by atoms with Gasteiger partial charge in [0.15, 0.2) is 0 Å². The Labute approximate surface area is 140 Å². The van der Waals surface area contributed by atoms with Crippen molar-refractivity contribution in [2.75, 3.05) is 23.9 Å². The molecule has 0 saturated carbocycles. The number of nitrogens with one attached hydrogen (secondary N) is 2. The van der Waals surface area contributed by atoms with Crippen LogP contribution in [0.25, 0.3) is 0 Å². The van der Waals surface area contributed by atoms with Crippen LogP contribution < -0.4 is 10.8 Å². The van der Waals surface area contributed by atoms with Crippen LogP contribution in [-0.2, 0) is 4.74 Å². The van der Waals surface area contributed by atoms with Crippen LogP contribution in [0.3, 0.4) is 0 Å². The second-order valence-corrected chi connectivity index (χ2v) is 6.83. The third-order valence-corrected chi connectivity index (χ3v) is 3.68. The van der Waals surface area contributed by atoms with Crippen LogP contribution in [0.15, 0.2) is 18.2 Å². The Bertz CT molecular complexity index is 591. The first-order chi connectivity index (χ1) is 11.2. The molecule has 1 aromatic carbocycles. The van der Waals surface area contributed by atoms with Crippen LogP contribution in [0, 0.1) is 5.82 Å². The van der Waals surface area contributed by atoms with Gasteiger partial charge in [-0.15, -0.1) is 0 Å². The van der Waals surface area contributed by atoms with Crippen LogP contribution in [0.1, 0.15) is 27.2 Å². The second-order valence-electron chi connectivity index (χ2n) is 6.83. The predicted octanol–water partition coefficient (Wildman–Crippen LogP) is 2.41. The van der Waals surface area contributed by atoms with E-state index in [-0.39, 0.29) is 12.6 Å². The maximum atomic E-state index is 13.4. The Morgan fingerprint density at radius 1 is 1.38 bits per heavy atom. The number of aliphatic hydroxyl groups excluding tert-OH is 1. The lowest BCUT2D eigenvalue weighted by molar-refractivity contribution is 0.00119. The van der Waals surface area contributed by atoms with Gasteiger partial charge in [0.25, 0.3) is 0 Å². The summed E-state index contributed by atoms with van der Waals surface area (Å²) in [6, 6.07) is 3.45. The molecule has 0 aromatic heterocycles. The number of anilines is 2. The van der Waals surface area contributed by atoms with Crippen LogP contribution in [0.2, 0.25) is 0 Å². The highest BCUT2D eigenvalue weighted by Crippen LogP contribution is 2.26. The molecule has 7 nitrogen and oxygen atoms in total. The maximum absolute atomic E-state index is 13.4. The molecule has 134 valence electrons. The molecule has 1 aromatic rings. The Morgan fingerprint density at radius 3 is 2.67 bits per heavy atom. The molecule has 1 amide bonds. The number of carbonyl (C=O) groups is 1. The summed E-state index contributed by atoms with van der Waals surface area (Å²) in [6.45, 7) is 5.86. The smallest absolute Gasteiger partial charge is 0.410 e. The minimum Gasteiger partial charge on any atom is -0.444 e. The molecule has 0 radical (unpaired) electrons. The van der Waals surface area contributed by atoms with Crippen LogP contribution in [0.5, 0.6) is 0 Å². The predicted molar refractivity (Wildman–Crippen MR) is 87.7 cm³/mol. The molecule has 0 unspecified atom stereocenters. The van der Waals surface area contributed by atoms with Crippen molar-refractivity contribution in [1.29, 1.82) is 0 Å². The van der Waals surface area contributed by atoms with Crippen LogP contribution >= 0.6 is 0 Å². The summed E-state index contributed by atoms with van der Waals surface area (Å²) in [5, 5.41) is 22.4. The van der Waals surface area contributed by atoms with Crippen molar-refractivity contribution in [2.45, 2.75) is 44.9 Å².